The minimum atomic E-state index is -0.0404. The van der Waals surface area contributed by atoms with Gasteiger partial charge in [-0.3, -0.25) is 4.98 Å². The lowest BCUT2D eigenvalue weighted by Crippen LogP contribution is -2.57. The third-order valence-electron chi connectivity index (χ3n) is 3.10. The van der Waals surface area contributed by atoms with Gasteiger partial charge in [0.1, 0.15) is 24.8 Å². The Morgan fingerprint density at radius 2 is 2.20 bits per heavy atom. The van der Waals surface area contributed by atoms with E-state index in [1.54, 1.807) is 0 Å². The molecule has 0 amide bonds. The molecule has 1 N–H and O–H groups in total. The average Bonchev–Trinajstić information content (AvgIpc) is 2.87. The lowest BCUT2D eigenvalue weighted by Gasteiger charge is -2.20. The Balaban J connectivity index is 2.46. The van der Waals surface area contributed by atoms with E-state index >= 15 is 0 Å². The van der Waals surface area contributed by atoms with Crippen molar-refractivity contribution in [3.05, 3.63) is 37.4 Å². The zero-order chi connectivity index (χ0) is 10.9. The zero-order valence-corrected chi connectivity index (χ0v) is 9.51. The summed E-state index contributed by atoms with van der Waals surface area (Å²) in [4.78, 5) is 3.09. The molecule has 2 aromatic rings. The van der Waals surface area contributed by atoms with Gasteiger partial charge >= 0.3 is 0 Å². The molecule has 0 aliphatic heterocycles. The van der Waals surface area contributed by atoms with Crippen molar-refractivity contribution >= 4 is 0 Å². The highest BCUT2D eigenvalue weighted by Crippen LogP contribution is 2.14. The monoisotopic (exact) mass is 206 g/mol. The van der Waals surface area contributed by atoms with E-state index < -0.39 is 0 Å². The van der Waals surface area contributed by atoms with Gasteiger partial charge in [-0.15, -0.1) is 0 Å². The van der Waals surface area contributed by atoms with E-state index in [1.165, 1.54) is 0 Å². The SMILES string of the molecule is CCC(C)(n1cc[n+](C)c1)[n+]1cc[nH]c1. The van der Waals surface area contributed by atoms with Gasteiger partial charge in [-0.1, -0.05) is 6.92 Å². The largest absolute Gasteiger partial charge is 0.250 e. The molecule has 80 valence electrons. The van der Waals surface area contributed by atoms with E-state index in [4.69, 9.17) is 0 Å². The van der Waals surface area contributed by atoms with Crippen LogP contribution in [-0.2, 0) is 12.7 Å². The standard InChI is InChI=1S/C11H17N4/c1-4-11(2,14-6-5-12-9-14)15-8-7-13(3)10-15/h5-10H,4H2,1-3H3/q+1/p+1. The first-order valence-electron chi connectivity index (χ1n) is 5.25. The zero-order valence-electron chi connectivity index (χ0n) is 9.51. The molecule has 0 aromatic carbocycles. The summed E-state index contributed by atoms with van der Waals surface area (Å²) in [6.45, 7) is 4.42. The number of rotatable bonds is 3. The Hall–Kier alpha value is -1.58. The summed E-state index contributed by atoms with van der Waals surface area (Å²) in [5.74, 6) is 0. The van der Waals surface area contributed by atoms with E-state index in [9.17, 15) is 0 Å². The number of aryl methyl sites for hydroxylation is 1. The van der Waals surface area contributed by atoms with Crippen LogP contribution in [0.15, 0.2) is 37.4 Å². The van der Waals surface area contributed by atoms with Crippen molar-refractivity contribution in [2.45, 2.75) is 25.9 Å². The van der Waals surface area contributed by atoms with Crippen LogP contribution in [0.5, 0.6) is 0 Å². The summed E-state index contributed by atoms with van der Waals surface area (Å²) >= 11 is 0. The molecule has 0 spiro atoms. The molecule has 0 bridgehead atoms. The van der Waals surface area contributed by atoms with Crippen molar-refractivity contribution in [1.29, 1.82) is 0 Å². The van der Waals surface area contributed by atoms with Crippen LogP contribution in [-0.4, -0.2) is 9.55 Å². The molecule has 2 rings (SSSR count). The molecule has 2 heterocycles. The smallest absolute Gasteiger partial charge is 0.249 e. The summed E-state index contributed by atoms with van der Waals surface area (Å²) in [6.07, 6.45) is 13.3. The molecule has 0 fully saturated rings. The molecule has 0 saturated heterocycles. The van der Waals surface area contributed by atoms with E-state index in [-0.39, 0.29) is 5.66 Å². The maximum Gasteiger partial charge on any atom is 0.249 e. The van der Waals surface area contributed by atoms with Gasteiger partial charge in [0.2, 0.25) is 18.3 Å². The number of nitrogens with one attached hydrogen (secondary N) is 1. The van der Waals surface area contributed by atoms with Crippen molar-refractivity contribution in [1.82, 2.24) is 9.55 Å². The molecule has 4 heteroatoms. The molecule has 2 aromatic heterocycles. The average molecular weight is 206 g/mol. The van der Waals surface area contributed by atoms with Crippen molar-refractivity contribution < 1.29 is 9.13 Å². The van der Waals surface area contributed by atoms with Gasteiger partial charge in [-0.25, -0.2) is 4.57 Å². The predicted molar refractivity (Wildman–Crippen MR) is 55.9 cm³/mol. The molecule has 0 aliphatic carbocycles. The van der Waals surface area contributed by atoms with Crippen LogP contribution < -0.4 is 9.13 Å². The predicted octanol–water partition coefficient (Wildman–Crippen LogP) is 0.559. The Kier molecular flexibility index (Phi) is 2.34. The molecule has 0 radical (unpaired) electrons. The van der Waals surface area contributed by atoms with Gasteiger partial charge in [-0.05, 0) is 0 Å². The Morgan fingerprint density at radius 1 is 1.40 bits per heavy atom. The fourth-order valence-electron chi connectivity index (χ4n) is 1.82. The number of imidazole rings is 2. The molecule has 0 saturated carbocycles. The Labute approximate surface area is 89.8 Å². The number of hydrogen-bond acceptors (Lipinski definition) is 0. The summed E-state index contributed by atoms with van der Waals surface area (Å²) in [6, 6.07) is 0. The van der Waals surface area contributed by atoms with Crippen LogP contribution in [0.3, 0.4) is 0 Å². The van der Waals surface area contributed by atoms with Crippen molar-refractivity contribution in [2.24, 2.45) is 7.05 Å². The summed E-state index contributed by atoms with van der Waals surface area (Å²) in [5, 5.41) is 0. The third-order valence-corrected chi connectivity index (χ3v) is 3.10. The van der Waals surface area contributed by atoms with Gasteiger partial charge in [0.05, 0.1) is 7.05 Å². The molecule has 0 aliphatic rings. The fraction of sp³-hybridized carbons (Fsp3) is 0.455. The molecular weight excluding hydrogens is 188 g/mol. The Morgan fingerprint density at radius 3 is 2.67 bits per heavy atom. The van der Waals surface area contributed by atoms with Crippen LogP contribution in [0, 0.1) is 0 Å². The second-order valence-electron chi connectivity index (χ2n) is 4.08. The van der Waals surface area contributed by atoms with Crippen LogP contribution in [0.25, 0.3) is 0 Å². The first-order valence-corrected chi connectivity index (χ1v) is 5.25. The summed E-state index contributed by atoms with van der Waals surface area (Å²) < 4.78 is 6.47. The van der Waals surface area contributed by atoms with Gasteiger partial charge in [-0.2, -0.15) is 9.13 Å². The van der Waals surface area contributed by atoms with Crippen LogP contribution in [0.1, 0.15) is 20.3 Å². The summed E-state index contributed by atoms with van der Waals surface area (Å²) in [7, 11) is 2.04. The van der Waals surface area contributed by atoms with Crippen LogP contribution in [0.2, 0.25) is 0 Å². The number of nitrogens with zero attached hydrogens (tertiary/aromatic N) is 3. The number of aromatic nitrogens is 4. The maximum absolute atomic E-state index is 3.09. The van der Waals surface area contributed by atoms with Crippen molar-refractivity contribution in [3.63, 3.8) is 0 Å². The quantitative estimate of drug-likeness (QED) is 0.711. The van der Waals surface area contributed by atoms with Gasteiger partial charge < -0.3 is 0 Å². The van der Waals surface area contributed by atoms with Gasteiger partial charge in [0, 0.05) is 13.3 Å². The topological polar surface area (TPSA) is 28.5 Å². The molecule has 15 heavy (non-hydrogen) atoms. The highest BCUT2D eigenvalue weighted by Gasteiger charge is 2.35. The first kappa shape index (κ1) is 9.96. The van der Waals surface area contributed by atoms with Gasteiger partial charge in [0.15, 0.2) is 0 Å². The number of aromatic amines is 1. The fourth-order valence-corrected chi connectivity index (χ4v) is 1.82. The lowest BCUT2D eigenvalue weighted by atomic mass is 10.1. The minimum absolute atomic E-state index is 0.0404. The summed E-state index contributed by atoms with van der Waals surface area (Å²) in [5.41, 5.74) is -0.0404. The number of hydrogen-bond donors (Lipinski definition) is 1. The van der Waals surface area contributed by atoms with E-state index in [0.29, 0.717) is 0 Å². The Bertz CT molecular complexity index is 429. The van der Waals surface area contributed by atoms with Crippen molar-refractivity contribution in [2.75, 3.05) is 0 Å². The van der Waals surface area contributed by atoms with Crippen molar-refractivity contribution in [3.8, 4) is 0 Å². The molecular formula is C11H18N4+2. The molecule has 1 unspecified atom stereocenters. The second kappa shape index (κ2) is 3.53. The van der Waals surface area contributed by atoms with E-state index in [1.807, 2.05) is 19.6 Å². The third kappa shape index (κ3) is 1.56. The highest BCUT2D eigenvalue weighted by molar-refractivity contribution is 4.78. The number of H-pyrrole nitrogens is 1. The highest BCUT2D eigenvalue weighted by atomic mass is 15.3. The molecule has 4 nitrogen and oxygen atoms in total. The first-order chi connectivity index (χ1) is 7.16. The lowest BCUT2D eigenvalue weighted by molar-refractivity contribution is -0.769. The minimum Gasteiger partial charge on any atom is -0.250 e. The van der Waals surface area contributed by atoms with E-state index in [0.717, 1.165) is 6.42 Å². The normalized spacial score (nSPS) is 15.1. The van der Waals surface area contributed by atoms with E-state index in [2.05, 4.69) is 57.5 Å². The van der Waals surface area contributed by atoms with Crippen LogP contribution in [0.4, 0.5) is 0 Å². The van der Waals surface area contributed by atoms with Crippen LogP contribution >= 0.6 is 0 Å². The second-order valence-corrected chi connectivity index (χ2v) is 4.08. The molecule has 1 atom stereocenters. The maximum atomic E-state index is 3.09. The van der Waals surface area contributed by atoms with Gasteiger partial charge in [0.25, 0.3) is 0 Å².